The molecule has 2 aromatic rings. The molecular weight excluding hydrogens is 443 g/mol. The summed E-state index contributed by atoms with van der Waals surface area (Å²) >= 11 is 2.97. The van der Waals surface area contributed by atoms with Crippen molar-refractivity contribution >= 4 is 40.0 Å². The maximum absolute atomic E-state index is 12.9. The minimum atomic E-state index is -1.12. The van der Waals surface area contributed by atoms with Crippen LogP contribution in [0.4, 0.5) is 10.2 Å². The van der Waals surface area contributed by atoms with Crippen LogP contribution in [0.5, 0.6) is 5.88 Å². The second kappa shape index (κ2) is 9.05. The van der Waals surface area contributed by atoms with Crippen molar-refractivity contribution in [3.63, 3.8) is 0 Å². The number of thiazole rings is 1. The fraction of sp³-hybridized carbons (Fsp3) is 0.526. The van der Waals surface area contributed by atoms with Crippen LogP contribution in [-0.2, 0) is 10.3 Å². The highest BCUT2D eigenvalue weighted by atomic mass is 32.2. The molecule has 3 N–H and O–H groups in total. The number of nitrogens with zero attached hydrogens (tertiary/aromatic N) is 4. The number of halogens is 1. The molecule has 9 nitrogen and oxygen atoms in total. The Morgan fingerprint density at radius 2 is 2.32 bits per heavy atom. The highest BCUT2D eigenvalue weighted by molar-refractivity contribution is 8.13. The molecule has 0 saturated carbocycles. The van der Waals surface area contributed by atoms with Crippen molar-refractivity contribution in [1.82, 2.24) is 15.0 Å². The molecule has 0 bridgehead atoms. The standard InChI is InChI=1S/C19H23FN6O3S2/c1-10(20)6-28-15-5-22-13(4-23-15)16(27)24-14-8-30-17(25-14)19-9-29-11(2)3-12(19)7-31-18(21)26-19/h4-5,8,10-12H,3,6-7,9H2,1-2H3,(H2,21,26)(H,24,27)/t10-,11+,12+,19+/m1/s1. The zero-order valence-corrected chi connectivity index (χ0v) is 18.7. The number of alkyl halides is 1. The summed E-state index contributed by atoms with van der Waals surface area (Å²) in [5.74, 6) is 1.21. The number of anilines is 1. The van der Waals surface area contributed by atoms with Gasteiger partial charge in [-0.15, -0.1) is 11.3 Å². The molecule has 1 fully saturated rings. The number of fused-ring (bicyclic) bond motifs is 1. The van der Waals surface area contributed by atoms with Crippen molar-refractivity contribution in [1.29, 1.82) is 0 Å². The van der Waals surface area contributed by atoms with Crippen molar-refractivity contribution in [2.24, 2.45) is 16.6 Å². The van der Waals surface area contributed by atoms with Crippen LogP contribution in [0, 0.1) is 5.92 Å². The first kappa shape index (κ1) is 21.9. The number of carbonyl (C=O) groups is 1. The summed E-state index contributed by atoms with van der Waals surface area (Å²) in [5.41, 5.74) is 5.50. The third-order valence-corrected chi connectivity index (χ3v) is 7.02. The predicted molar refractivity (Wildman–Crippen MR) is 117 cm³/mol. The summed E-state index contributed by atoms with van der Waals surface area (Å²) in [6.45, 7) is 3.72. The lowest BCUT2D eigenvalue weighted by atomic mass is 9.80. The van der Waals surface area contributed by atoms with Gasteiger partial charge in [0, 0.05) is 17.1 Å². The van der Waals surface area contributed by atoms with Gasteiger partial charge in [0.25, 0.3) is 5.91 Å². The molecule has 2 aliphatic rings. The summed E-state index contributed by atoms with van der Waals surface area (Å²) in [7, 11) is 0. The van der Waals surface area contributed by atoms with Crippen molar-refractivity contribution in [3.05, 3.63) is 28.5 Å². The number of amidine groups is 1. The highest BCUT2D eigenvalue weighted by Gasteiger charge is 2.49. The molecule has 166 valence electrons. The van der Waals surface area contributed by atoms with Crippen molar-refractivity contribution in [3.8, 4) is 5.88 Å². The van der Waals surface area contributed by atoms with Gasteiger partial charge in [0.15, 0.2) is 5.17 Å². The van der Waals surface area contributed by atoms with Gasteiger partial charge < -0.3 is 20.5 Å². The lowest BCUT2D eigenvalue weighted by Gasteiger charge is -2.44. The van der Waals surface area contributed by atoms with Crippen LogP contribution < -0.4 is 15.8 Å². The van der Waals surface area contributed by atoms with E-state index in [0.29, 0.717) is 17.6 Å². The van der Waals surface area contributed by atoms with Crippen LogP contribution >= 0.6 is 23.1 Å². The molecule has 2 aromatic heterocycles. The van der Waals surface area contributed by atoms with Crippen LogP contribution in [0.3, 0.4) is 0 Å². The van der Waals surface area contributed by atoms with Gasteiger partial charge in [-0.3, -0.25) is 4.79 Å². The summed E-state index contributed by atoms with van der Waals surface area (Å²) < 4.78 is 23.9. The zero-order chi connectivity index (χ0) is 22.0. The van der Waals surface area contributed by atoms with Gasteiger partial charge in [0.1, 0.15) is 34.8 Å². The van der Waals surface area contributed by atoms with Gasteiger partial charge in [0.05, 0.1) is 25.1 Å². The molecule has 2 aliphatic heterocycles. The van der Waals surface area contributed by atoms with E-state index in [1.165, 1.54) is 30.7 Å². The Morgan fingerprint density at radius 1 is 1.48 bits per heavy atom. The van der Waals surface area contributed by atoms with Crippen molar-refractivity contribution < 1.29 is 18.7 Å². The zero-order valence-electron chi connectivity index (χ0n) is 17.1. The Balaban J connectivity index is 1.47. The van der Waals surface area contributed by atoms with E-state index in [1.54, 1.807) is 17.1 Å². The summed E-state index contributed by atoms with van der Waals surface area (Å²) in [5, 5.41) is 5.78. The minimum Gasteiger partial charge on any atom is -0.473 e. The number of rotatable bonds is 6. The number of aromatic nitrogens is 3. The summed E-state index contributed by atoms with van der Waals surface area (Å²) in [6, 6.07) is 0. The molecule has 31 heavy (non-hydrogen) atoms. The summed E-state index contributed by atoms with van der Waals surface area (Å²) in [6.07, 6.45) is 2.46. The number of aliphatic imine (C=N–C) groups is 1. The van der Waals surface area contributed by atoms with Crippen LogP contribution in [0.15, 0.2) is 22.8 Å². The van der Waals surface area contributed by atoms with Crippen LogP contribution in [-0.4, -0.2) is 57.3 Å². The molecular formula is C19H23FN6O3S2. The fourth-order valence-electron chi connectivity index (χ4n) is 3.50. The quantitative estimate of drug-likeness (QED) is 0.666. The third kappa shape index (κ3) is 4.80. The molecule has 0 spiro atoms. The number of hydrogen-bond donors (Lipinski definition) is 2. The molecule has 1 amide bonds. The SMILES string of the molecule is C[C@@H](F)COc1cnc(C(=O)Nc2csc([C@]34CO[C@@H](C)C[C@H]3CSC(N)=N4)n2)cn1. The Labute approximate surface area is 187 Å². The fourth-order valence-corrected chi connectivity index (χ4v) is 5.47. The summed E-state index contributed by atoms with van der Waals surface area (Å²) in [4.78, 5) is 29.9. The average Bonchev–Trinajstić information content (AvgIpc) is 3.22. The monoisotopic (exact) mass is 466 g/mol. The molecule has 0 unspecified atom stereocenters. The van der Waals surface area contributed by atoms with Gasteiger partial charge >= 0.3 is 0 Å². The Kier molecular flexibility index (Phi) is 6.39. The molecule has 4 heterocycles. The van der Waals surface area contributed by atoms with E-state index in [0.717, 1.165) is 17.2 Å². The number of ether oxygens (including phenoxy) is 2. The molecule has 12 heteroatoms. The van der Waals surface area contributed by atoms with E-state index in [2.05, 4.69) is 27.2 Å². The van der Waals surface area contributed by atoms with E-state index in [4.69, 9.17) is 20.2 Å². The lowest BCUT2D eigenvalue weighted by Crippen LogP contribution is -2.49. The topological polar surface area (TPSA) is 125 Å². The van der Waals surface area contributed by atoms with E-state index in [-0.39, 0.29) is 30.2 Å². The highest BCUT2D eigenvalue weighted by Crippen LogP contribution is 2.47. The van der Waals surface area contributed by atoms with E-state index in [9.17, 15) is 9.18 Å². The molecule has 1 saturated heterocycles. The van der Waals surface area contributed by atoms with Crippen molar-refractivity contribution in [2.75, 3.05) is 24.3 Å². The van der Waals surface area contributed by atoms with E-state index < -0.39 is 17.6 Å². The van der Waals surface area contributed by atoms with Crippen molar-refractivity contribution in [2.45, 2.75) is 38.1 Å². The Bertz CT molecular complexity index is 970. The number of carbonyl (C=O) groups excluding carboxylic acids is 1. The molecule has 0 aromatic carbocycles. The van der Waals surface area contributed by atoms with Gasteiger partial charge in [-0.25, -0.2) is 24.3 Å². The number of amides is 1. The van der Waals surface area contributed by atoms with Gasteiger partial charge in [-0.2, -0.15) is 0 Å². The van der Waals surface area contributed by atoms with Crippen LogP contribution in [0.25, 0.3) is 0 Å². The average molecular weight is 467 g/mol. The molecule has 4 rings (SSSR count). The number of nitrogens with one attached hydrogen (secondary N) is 1. The van der Waals surface area contributed by atoms with Gasteiger partial charge in [-0.05, 0) is 20.3 Å². The number of nitrogens with two attached hydrogens (primary N) is 1. The second-order valence-electron chi connectivity index (χ2n) is 7.56. The number of hydrogen-bond acceptors (Lipinski definition) is 10. The smallest absolute Gasteiger partial charge is 0.277 e. The van der Waals surface area contributed by atoms with Gasteiger partial charge in [-0.1, -0.05) is 11.8 Å². The van der Waals surface area contributed by atoms with E-state index in [1.807, 2.05) is 0 Å². The Morgan fingerprint density at radius 3 is 3.06 bits per heavy atom. The van der Waals surface area contributed by atoms with Gasteiger partial charge in [0.2, 0.25) is 5.88 Å². The molecule has 4 atom stereocenters. The molecule has 0 aliphatic carbocycles. The minimum absolute atomic E-state index is 0.0948. The Hall–Kier alpha value is -2.31. The molecule has 0 radical (unpaired) electrons. The predicted octanol–water partition coefficient (Wildman–Crippen LogP) is 2.60. The maximum Gasteiger partial charge on any atom is 0.277 e. The first-order valence-electron chi connectivity index (χ1n) is 9.81. The first-order chi connectivity index (χ1) is 14.9. The van der Waals surface area contributed by atoms with Crippen LogP contribution in [0.1, 0.15) is 35.8 Å². The lowest BCUT2D eigenvalue weighted by molar-refractivity contribution is -0.0466. The van der Waals surface area contributed by atoms with Crippen LogP contribution in [0.2, 0.25) is 0 Å². The number of thioether (sulfide) groups is 1. The largest absolute Gasteiger partial charge is 0.473 e. The van der Waals surface area contributed by atoms with E-state index >= 15 is 0 Å². The first-order valence-corrected chi connectivity index (χ1v) is 11.7. The third-order valence-electron chi connectivity index (χ3n) is 5.06. The maximum atomic E-state index is 12.9. The normalized spacial score (nSPS) is 26.5. The second-order valence-corrected chi connectivity index (χ2v) is 9.46.